The second kappa shape index (κ2) is 9.77. The Kier molecular flexibility index (Phi) is 7.66. The number of phenolic OH excluding ortho intramolecular Hbond substituents is 2. The molecule has 0 fully saturated rings. The monoisotopic (exact) mass is 400 g/mol. The summed E-state index contributed by atoms with van der Waals surface area (Å²) in [6.45, 7) is 9.60. The molecule has 5 heteroatoms. The predicted molar refractivity (Wildman–Crippen MR) is 116 cm³/mol. The zero-order valence-corrected chi connectivity index (χ0v) is 18.1. The molecule has 1 aromatic carbocycles. The molecule has 1 unspecified atom stereocenters. The molecule has 0 aliphatic rings. The number of fused-ring (bicyclic) bond motifs is 1. The molecule has 0 aliphatic heterocycles. The second-order valence-electron chi connectivity index (χ2n) is 7.96. The Morgan fingerprint density at radius 3 is 2.45 bits per heavy atom. The van der Waals surface area contributed by atoms with Gasteiger partial charge < -0.3 is 14.6 Å². The van der Waals surface area contributed by atoms with Crippen LogP contribution in [-0.2, 0) is 12.8 Å². The van der Waals surface area contributed by atoms with Gasteiger partial charge in [0.2, 0.25) is 0 Å². The Morgan fingerprint density at radius 2 is 1.86 bits per heavy atom. The van der Waals surface area contributed by atoms with Gasteiger partial charge in [-0.15, -0.1) is 0 Å². The zero-order chi connectivity index (χ0) is 21.7. The standard InChI is InChI=1S/C24H32O5/c1-6-8-9-10-16-13-18(25)29-24-17(12-11-14(3)4)22(27)20(23(28)19(16)24)21(26)15(5)7-2/h11,13,15,27-28H,6-10,12H2,1-5H3. The fourth-order valence-electron chi connectivity index (χ4n) is 3.43. The number of carbonyl (C=O) groups excluding carboxylic acids is 1. The average Bonchev–Trinajstić information content (AvgIpc) is 2.66. The molecule has 0 bridgehead atoms. The van der Waals surface area contributed by atoms with Crippen molar-refractivity contribution < 1.29 is 19.4 Å². The minimum Gasteiger partial charge on any atom is -0.507 e. The highest BCUT2D eigenvalue weighted by molar-refractivity contribution is 6.09. The number of ketones is 1. The van der Waals surface area contributed by atoms with Gasteiger partial charge in [-0.3, -0.25) is 4.79 Å². The number of allylic oxidation sites excluding steroid dienone is 2. The summed E-state index contributed by atoms with van der Waals surface area (Å²) in [6, 6.07) is 1.39. The first-order chi connectivity index (χ1) is 13.7. The van der Waals surface area contributed by atoms with Crippen LogP contribution < -0.4 is 5.63 Å². The predicted octanol–water partition coefficient (Wildman–Crippen LogP) is 5.67. The topological polar surface area (TPSA) is 87.7 Å². The molecule has 0 radical (unpaired) electrons. The molecule has 0 spiro atoms. The van der Waals surface area contributed by atoms with Crippen molar-refractivity contribution in [1.82, 2.24) is 0 Å². The number of phenols is 2. The van der Waals surface area contributed by atoms with Gasteiger partial charge in [-0.05, 0) is 45.1 Å². The third-order valence-corrected chi connectivity index (χ3v) is 5.38. The van der Waals surface area contributed by atoms with Crippen molar-refractivity contribution in [2.45, 2.75) is 73.1 Å². The van der Waals surface area contributed by atoms with E-state index in [-0.39, 0.29) is 34.3 Å². The highest BCUT2D eigenvalue weighted by Crippen LogP contribution is 2.42. The van der Waals surface area contributed by atoms with E-state index in [4.69, 9.17) is 4.42 Å². The van der Waals surface area contributed by atoms with Gasteiger partial charge in [0.05, 0.1) is 5.39 Å². The summed E-state index contributed by atoms with van der Waals surface area (Å²) >= 11 is 0. The maximum Gasteiger partial charge on any atom is 0.336 e. The minimum atomic E-state index is -0.526. The summed E-state index contributed by atoms with van der Waals surface area (Å²) in [5.41, 5.74) is 1.61. The van der Waals surface area contributed by atoms with E-state index in [9.17, 15) is 19.8 Å². The normalized spacial score (nSPS) is 12.2. The highest BCUT2D eigenvalue weighted by atomic mass is 16.4. The fraction of sp³-hybridized carbons (Fsp3) is 0.500. The summed E-state index contributed by atoms with van der Waals surface area (Å²) in [5, 5.41) is 22.3. The molecule has 29 heavy (non-hydrogen) atoms. The maximum atomic E-state index is 13.0. The molecule has 2 rings (SSSR count). The van der Waals surface area contributed by atoms with E-state index in [2.05, 4.69) is 6.92 Å². The molecule has 2 N–H and O–H groups in total. The van der Waals surface area contributed by atoms with Crippen molar-refractivity contribution in [2.24, 2.45) is 5.92 Å². The first kappa shape index (κ1) is 22.7. The molecule has 1 atom stereocenters. The van der Waals surface area contributed by atoms with E-state index in [1.165, 1.54) is 6.07 Å². The molecule has 0 saturated carbocycles. The fourth-order valence-corrected chi connectivity index (χ4v) is 3.43. The highest BCUT2D eigenvalue weighted by Gasteiger charge is 2.28. The van der Waals surface area contributed by atoms with Crippen molar-refractivity contribution >= 4 is 16.8 Å². The Morgan fingerprint density at radius 1 is 1.17 bits per heavy atom. The molecule has 1 heterocycles. The number of Topliss-reactive ketones (excluding diaryl/α,β-unsaturated/α-hetero) is 1. The van der Waals surface area contributed by atoms with Gasteiger partial charge in [0, 0.05) is 17.5 Å². The number of aryl methyl sites for hydroxylation is 1. The number of aromatic hydroxyl groups is 2. The van der Waals surface area contributed by atoms with Crippen LogP contribution in [0.4, 0.5) is 0 Å². The number of hydrogen-bond acceptors (Lipinski definition) is 5. The SMILES string of the molecule is CCCCCc1cc(=O)oc2c(CC=C(C)C)c(O)c(C(=O)C(C)CC)c(O)c12. The lowest BCUT2D eigenvalue weighted by Gasteiger charge is -2.18. The number of rotatable bonds is 9. The van der Waals surface area contributed by atoms with E-state index in [1.54, 1.807) is 6.92 Å². The quantitative estimate of drug-likeness (QED) is 0.245. The first-order valence-corrected chi connectivity index (χ1v) is 10.4. The number of hydrogen-bond donors (Lipinski definition) is 2. The van der Waals surface area contributed by atoms with Crippen LogP contribution in [0.3, 0.4) is 0 Å². The Hall–Kier alpha value is -2.56. The Labute approximate surface area is 172 Å². The number of carbonyl (C=O) groups is 1. The lowest BCUT2D eigenvalue weighted by atomic mass is 9.89. The van der Waals surface area contributed by atoms with Gasteiger partial charge >= 0.3 is 5.63 Å². The molecule has 0 aliphatic carbocycles. The van der Waals surface area contributed by atoms with Crippen molar-refractivity contribution in [3.8, 4) is 11.5 Å². The van der Waals surface area contributed by atoms with Crippen molar-refractivity contribution in [3.63, 3.8) is 0 Å². The largest absolute Gasteiger partial charge is 0.507 e. The van der Waals surface area contributed by atoms with E-state index in [0.29, 0.717) is 35.8 Å². The van der Waals surface area contributed by atoms with Gasteiger partial charge in [-0.1, -0.05) is 45.3 Å². The third-order valence-electron chi connectivity index (χ3n) is 5.38. The molecular formula is C24H32O5. The zero-order valence-electron chi connectivity index (χ0n) is 18.1. The molecule has 1 aromatic heterocycles. The van der Waals surface area contributed by atoms with Crippen LogP contribution in [0.2, 0.25) is 0 Å². The van der Waals surface area contributed by atoms with Crippen LogP contribution in [0.15, 0.2) is 26.9 Å². The first-order valence-electron chi connectivity index (χ1n) is 10.4. The van der Waals surface area contributed by atoms with E-state index in [0.717, 1.165) is 24.8 Å². The Bertz CT molecular complexity index is 977. The molecular weight excluding hydrogens is 368 g/mol. The summed E-state index contributed by atoms with van der Waals surface area (Å²) < 4.78 is 5.44. The smallest absolute Gasteiger partial charge is 0.336 e. The van der Waals surface area contributed by atoms with Gasteiger partial charge in [-0.2, -0.15) is 0 Å². The lowest BCUT2D eigenvalue weighted by Crippen LogP contribution is -2.13. The van der Waals surface area contributed by atoms with Crippen LogP contribution in [0, 0.1) is 5.92 Å². The molecule has 158 valence electrons. The van der Waals surface area contributed by atoms with Crippen LogP contribution in [0.25, 0.3) is 11.0 Å². The lowest BCUT2D eigenvalue weighted by molar-refractivity contribution is 0.0921. The summed E-state index contributed by atoms with van der Waals surface area (Å²) in [7, 11) is 0. The molecule has 0 saturated heterocycles. The minimum absolute atomic E-state index is 0.0744. The maximum absolute atomic E-state index is 13.0. The van der Waals surface area contributed by atoms with E-state index < -0.39 is 5.63 Å². The summed E-state index contributed by atoms with van der Waals surface area (Å²) in [4.78, 5) is 25.2. The van der Waals surface area contributed by atoms with Crippen LogP contribution in [0.1, 0.15) is 81.8 Å². The molecule has 5 nitrogen and oxygen atoms in total. The third kappa shape index (κ3) is 4.89. The van der Waals surface area contributed by atoms with Crippen molar-refractivity contribution in [2.75, 3.05) is 0 Å². The van der Waals surface area contributed by atoms with Gasteiger partial charge in [0.25, 0.3) is 0 Å². The average molecular weight is 401 g/mol. The van der Waals surface area contributed by atoms with Crippen LogP contribution in [-0.4, -0.2) is 16.0 Å². The van der Waals surface area contributed by atoms with E-state index in [1.807, 2.05) is 26.8 Å². The second-order valence-corrected chi connectivity index (χ2v) is 7.96. The summed E-state index contributed by atoms with van der Waals surface area (Å²) in [5.74, 6) is -1.25. The number of benzene rings is 1. The number of unbranched alkanes of at least 4 members (excludes halogenated alkanes) is 2. The van der Waals surface area contributed by atoms with Crippen LogP contribution >= 0.6 is 0 Å². The van der Waals surface area contributed by atoms with E-state index >= 15 is 0 Å². The van der Waals surface area contributed by atoms with Crippen molar-refractivity contribution in [3.05, 3.63) is 44.8 Å². The molecule has 2 aromatic rings. The summed E-state index contributed by atoms with van der Waals surface area (Å²) in [6.07, 6.45) is 6.24. The van der Waals surface area contributed by atoms with Gasteiger partial charge in [-0.25, -0.2) is 4.79 Å². The molecule has 0 amide bonds. The van der Waals surface area contributed by atoms with Crippen LogP contribution in [0.5, 0.6) is 11.5 Å². The van der Waals surface area contributed by atoms with Gasteiger partial charge in [0.15, 0.2) is 5.78 Å². The van der Waals surface area contributed by atoms with Gasteiger partial charge in [0.1, 0.15) is 22.6 Å². The Balaban J connectivity index is 2.88. The van der Waals surface area contributed by atoms with Crippen molar-refractivity contribution in [1.29, 1.82) is 0 Å².